The summed E-state index contributed by atoms with van der Waals surface area (Å²) in [5, 5.41) is 13.3. The highest BCUT2D eigenvalue weighted by atomic mass is 16.5. The molecule has 6 heteroatoms. The number of benzene rings is 1. The van der Waals surface area contributed by atoms with E-state index in [4.69, 9.17) is 9.94 Å². The molecule has 0 fully saturated rings. The average Bonchev–Trinajstić information content (AvgIpc) is 3.09. The lowest BCUT2D eigenvalue weighted by atomic mass is 9.88. The Morgan fingerprint density at radius 1 is 1.28 bits per heavy atom. The van der Waals surface area contributed by atoms with E-state index in [9.17, 15) is 4.79 Å². The summed E-state index contributed by atoms with van der Waals surface area (Å²) in [6.07, 6.45) is 2.20. The number of rotatable bonds is 8. The molecule has 1 aromatic carbocycles. The average molecular weight is 345 g/mol. The molecular weight excluding hydrogens is 318 g/mol. The third-order valence-electron chi connectivity index (χ3n) is 4.41. The van der Waals surface area contributed by atoms with Crippen LogP contribution in [0.3, 0.4) is 0 Å². The van der Waals surface area contributed by atoms with Crippen LogP contribution in [0.5, 0.6) is 0 Å². The molecule has 2 unspecified atom stereocenters. The number of nitrogens with one attached hydrogen (secondary N) is 1. The van der Waals surface area contributed by atoms with Crippen LogP contribution in [0.1, 0.15) is 49.0 Å². The number of hydroxylamine groups is 1. The number of aromatic nitrogens is 2. The van der Waals surface area contributed by atoms with E-state index in [-0.39, 0.29) is 24.5 Å². The Bertz CT molecular complexity index is 679. The van der Waals surface area contributed by atoms with Crippen molar-refractivity contribution in [2.45, 2.75) is 51.7 Å². The van der Waals surface area contributed by atoms with Gasteiger partial charge in [0.1, 0.15) is 0 Å². The number of ether oxygens (including phenoxy) is 1. The van der Waals surface area contributed by atoms with Gasteiger partial charge in [-0.3, -0.25) is 14.7 Å². The second-order valence-electron chi connectivity index (χ2n) is 6.60. The Hall–Kier alpha value is -2.18. The summed E-state index contributed by atoms with van der Waals surface area (Å²) in [5.74, 6) is -0.522. The van der Waals surface area contributed by atoms with Crippen molar-refractivity contribution in [3.8, 4) is 0 Å². The fourth-order valence-corrected chi connectivity index (χ4v) is 3.07. The molecule has 0 saturated carbocycles. The van der Waals surface area contributed by atoms with E-state index in [1.165, 1.54) is 11.1 Å². The number of carbonyl (C=O) groups is 1. The van der Waals surface area contributed by atoms with Crippen molar-refractivity contribution in [3.05, 3.63) is 53.3 Å². The number of hydrogen-bond acceptors (Lipinski definition) is 4. The maximum atomic E-state index is 11.7. The number of aryl methyl sites for hydroxylation is 1. The van der Waals surface area contributed by atoms with Gasteiger partial charge in [0.25, 0.3) is 0 Å². The molecule has 2 atom stereocenters. The van der Waals surface area contributed by atoms with Crippen LogP contribution in [0.15, 0.2) is 36.5 Å². The summed E-state index contributed by atoms with van der Waals surface area (Å²) in [7, 11) is 1.59. The van der Waals surface area contributed by atoms with Crippen LogP contribution < -0.4 is 5.48 Å². The van der Waals surface area contributed by atoms with E-state index >= 15 is 0 Å². The molecule has 0 bridgehead atoms. The third-order valence-corrected chi connectivity index (χ3v) is 4.41. The fourth-order valence-electron chi connectivity index (χ4n) is 3.07. The molecule has 2 aromatic rings. The van der Waals surface area contributed by atoms with Crippen molar-refractivity contribution in [3.63, 3.8) is 0 Å². The molecule has 0 radical (unpaired) electrons. The predicted molar refractivity (Wildman–Crippen MR) is 95.6 cm³/mol. The van der Waals surface area contributed by atoms with E-state index in [0.29, 0.717) is 0 Å². The summed E-state index contributed by atoms with van der Waals surface area (Å²) < 4.78 is 7.59. The van der Waals surface area contributed by atoms with Gasteiger partial charge in [0.05, 0.1) is 12.5 Å². The number of hydrogen-bond donors (Lipinski definition) is 2. The molecule has 1 aromatic heterocycles. The molecule has 1 amide bonds. The van der Waals surface area contributed by atoms with E-state index in [0.717, 1.165) is 12.1 Å². The van der Waals surface area contributed by atoms with Gasteiger partial charge < -0.3 is 4.74 Å². The van der Waals surface area contributed by atoms with Crippen molar-refractivity contribution >= 4 is 5.91 Å². The van der Waals surface area contributed by atoms with Crippen molar-refractivity contribution in [2.24, 2.45) is 0 Å². The lowest BCUT2D eigenvalue weighted by molar-refractivity contribution is -0.132. The van der Waals surface area contributed by atoms with Crippen LogP contribution >= 0.6 is 0 Å². The van der Waals surface area contributed by atoms with Crippen LogP contribution in [0.4, 0.5) is 0 Å². The number of methoxy groups -OCH3 is 1. The fraction of sp³-hybridized carbons (Fsp3) is 0.474. The largest absolute Gasteiger partial charge is 0.380 e. The minimum Gasteiger partial charge on any atom is -0.380 e. The molecule has 25 heavy (non-hydrogen) atoms. The summed E-state index contributed by atoms with van der Waals surface area (Å²) in [5.41, 5.74) is 5.09. The smallest absolute Gasteiger partial charge is 0.245 e. The zero-order chi connectivity index (χ0) is 18.4. The van der Waals surface area contributed by atoms with Crippen molar-refractivity contribution in [1.82, 2.24) is 15.3 Å². The monoisotopic (exact) mass is 345 g/mol. The van der Waals surface area contributed by atoms with Crippen molar-refractivity contribution < 1.29 is 14.7 Å². The first-order valence-electron chi connectivity index (χ1n) is 8.51. The highest BCUT2D eigenvalue weighted by Crippen LogP contribution is 2.29. The lowest BCUT2D eigenvalue weighted by Gasteiger charge is -2.27. The number of carbonyl (C=O) groups excluding carboxylic acids is 1. The van der Waals surface area contributed by atoms with Gasteiger partial charge in [-0.15, -0.1) is 0 Å². The minimum atomic E-state index is -0.462. The first-order chi connectivity index (χ1) is 12.0. The van der Waals surface area contributed by atoms with Gasteiger partial charge in [-0.05, 0) is 38.8 Å². The van der Waals surface area contributed by atoms with Gasteiger partial charge in [0, 0.05) is 31.0 Å². The topological polar surface area (TPSA) is 76.4 Å². The van der Waals surface area contributed by atoms with Gasteiger partial charge in [-0.2, -0.15) is 5.10 Å². The zero-order valence-electron chi connectivity index (χ0n) is 15.3. The molecule has 2 rings (SSSR count). The lowest BCUT2D eigenvalue weighted by Crippen LogP contribution is -2.32. The van der Waals surface area contributed by atoms with Crippen LogP contribution in [-0.2, 0) is 16.0 Å². The van der Waals surface area contributed by atoms with Gasteiger partial charge >= 0.3 is 0 Å². The van der Waals surface area contributed by atoms with Gasteiger partial charge in [0.15, 0.2) is 0 Å². The van der Waals surface area contributed by atoms with E-state index in [1.54, 1.807) is 18.8 Å². The van der Waals surface area contributed by atoms with Crippen LogP contribution in [0.25, 0.3) is 0 Å². The molecule has 6 nitrogen and oxygen atoms in total. The summed E-state index contributed by atoms with van der Waals surface area (Å²) in [6.45, 7) is 6.20. The minimum absolute atomic E-state index is 0.0603. The molecule has 0 spiro atoms. The Morgan fingerprint density at radius 2 is 1.96 bits per heavy atom. The quantitative estimate of drug-likeness (QED) is 0.569. The Balaban J connectivity index is 2.37. The molecule has 0 aliphatic rings. The van der Waals surface area contributed by atoms with Gasteiger partial charge in [-0.25, -0.2) is 5.48 Å². The molecule has 1 heterocycles. The number of amides is 1. The second-order valence-corrected chi connectivity index (χ2v) is 6.60. The molecule has 0 aliphatic carbocycles. The van der Waals surface area contributed by atoms with Crippen LogP contribution in [-0.4, -0.2) is 34.1 Å². The SMILES string of the molecule is COC(CC(=O)NO)C(Cc1ccc(C)cc1)c1ccnn1C(C)C. The van der Waals surface area contributed by atoms with Gasteiger partial charge in [-0.1, -0.05) is 29.8 Å². The normalized spacial score (nSPS) is 13.7. The maximum absolute atomic E-state index is 11.7. The standard InChI is InChI=1S/C19H27N3O3/c1-13(2)22-17(9-10-20-22)16(18(25-4)12-19(23)21-24)11-15-7-5-14(3)6-8-15/h5-10,13,16,18,24H,11-12H2,1-4H3,(H,21,23). The van der Waals surface area contributed by atoms with E-state index < -0.39 is 5.91 Å². The summed E-state index contributed by atoms with van der Waals surface area (Å²) in [4.78, 5) is 11.7. The second kappa shape index (κ2) is 8.78. The first-order valence-corrected chi connectivity index (χ1v) is 8.51. The highest BCUT2D eigenvalue weighted by Gasteiger charge is 2.29. The van der Waals surface area contributed by atoms with Crippen LogP contribution in [0, 0.1) is 6.92 Å². The summed E-state index contributed by atoms with van der Waals surface area (Å²) in [6, 6.07) is 10.5. The maximum Gasteiger partial charge on any atom is 0.245 e. The number of nitrogens with zero attached hydrogens (tertiary/aromatic N) is 2. The zero-order valence-corrected chi connectivity index (χ0v) is 15.3. The van der Waals surface area contributed by atoms with E-state index in [1.807, 2.05) is 10.7 Å². The highest BCUT2D eigenvalue weighted by molar-refractivity contribution is 5.75. The Labute approximate surface area is 148 Å². The molecule has 2 N–H and O–H groups in total. The van der Waals surface area contributed by atoms with E-state index in [2.05, 4.69) is 50.1 Å². The Kier molecular flexibility index (Phi) is 6.73. The third kappa shape index (κ3) is 4.90. The molecule has 0 saturated heterocycles. The van der Waals surface area contributed by atoms with Crippen molar-refractivity contribution in [2.75, 3.05) is 7.11 Å². The molecule has 136 valence electrons. The summed E-state index contributed by atoms with van der Waals surface area (Å²) >= 11 is 0. The van der Waals surface area contributed by atoms with Crippen molar-refractivity contribution in [1.29, 1.82) is 0 Å². The first kappa shape index (κ1) is 19.1. The van der Waals surface area contributed by atoms with Gasteiger partial charge in [0.2, 0.25) is 5.91 Å². The molecule has 0 aliphatic heterocycles. The Morgan fingerprint density at radius 3 is 2.52 bits per heavy atom. The molecular formula is C19H27N3O3. The predicted octanol–water partition coefficient (Wildman–Crippen LogP) is 3.01. The van der Waals surface area contributed by atoms with Crippen LogP contribution in [0.2, 0.25) is 0 Å².